The Bertz CT molecular complexity index is 580. The number of halogens is 1. The molecule has 0 saturated carbocycles. The molecule has 19 heavy (non-hydrogen) atoms. The van der Waals surface area contributed by atoms with E-state index in [2.05, 4.69) is 45.3 Å². The van der Waals surface area contributed by atoms with Crippen LogP contribution < -0.4 is 10.6 Å². The molecule has 0 saturated heterocycles. The van der Waals surface area contributed by atoms with E-state index < -0.39 is 0 Å². The van der Waals surface area contributed by atoms with Crippen LogP contribution in [-0.4, -0.2) is 12.9 Å². The van der Waals surface area contributed by atoms with Crippen molar-refractivity contribution in [2.45, 2.75) is 13.0 Å². The van der Waals surface area contributed by atoms with Crippen LogP contribution in [0.1, 0.15) is 23.4 Å². The summed E-state index contributed by atoms with van der Waals surface area (Å²) in [5, 5.41) is 9.79. The average Bonchev–Trinajstić information content (AvgIpc) is 2.90. The normalized spacial score (nSPS) is 12.2. The van der Waals surface area contributed by atoms with Gasteiger partial charge in [0.15, 0.2) is 0 Å². The minimum atomic E-state index is 0.0847. The Labute approximate surface area is 125 Å². The maximum absolute atomic E-state index is 7.71. The molecule has 0 aliphatic carbocycles. The van der Waals surface area contributed by atoms with Crippen LogP contribution in [-0.2, 0) is 0 Å². The van der Waals surface area contributed by atoms with E-state index in [1.807, 2.05) is 25.2 Å². The molecule has 0 aliphatic heterocycles. The highest BCUT2D eigenvalue weighted by atomic mass is 79.9. The Balaban J connectivity index is 2.38. The topological polar surface area (TPSA) is 53.1 Å². The van der Waals surface area contributed by atoms with Gasteiger partial charge in [-0.15, -0.1) is 11.3 Å². The predicted molar refractivity (Wildman–Crippen MR) is 86.3 cm³/mol. The highest BCUT2D eigenvalue weighted by Gasteiger charge is 2.17. The van der Waals surface area contributed by atoms with E-state index in [0.29, 0.717) is 0 Å². The second-order valence-corrected chi connectivity index (χ2v) is 6.27. The van der Waals surface area contributed by atoms with E-state index >= 15 is 0 Å². The standard InChI is InChI=1S/C14H16BrN3S/c1-9(13-4-3-7-19-13)18(2)12-6-5-10(15)8-11(12)14(16)17/h3-9H,1-2H3,(H3,16,17). The lowest BCUT2D eigenvalue weighted by atomic mass is 10.1. The molecule has 2 aromatic rings. The zero-order chi connectivity index (χ0) is 14.0. The van der Waals surface area contributed by atoms with E-state index in [-0.39, 0.29) is 11.9 Å². The number of nitrogens with two attached hydrogens (primary N) is 1. The van der Waals surface area contributed by atoms with Crippen molar-refractivity contribution >= 4 is 38.8 Å². The lowest BCUT2D eigenvalue weighted by molar-refractivity contribution is 0.753. The molecule has 1 aromatic carbocycles. The van der Waals surface area contributed by atoms with Gasteiger partial charge < -0.3 is 10.6 Å². The molecule has 2 rings (SSSR count). The Hall–Kier alpha value is -1.33. The van der Waals surface area contributed by atoms with Crippen LogP contribution in [0.3, 0.4) is 0 Å². The predicted octanol–water partition coefficient (Wildman–Crippen LogP) is 3.99. The van der Waals surface area contributed by atoms with E-state index in [4.69, 9.17) is 11.1 Å². The third kappa shape index (κ3) is 2.98. The van der Waals surface area contributed by atoms with E-state index in [0.717, 1.165) is 15.7 Å². The molecule has 1 aromatic heterocycles. The highest BCUT2D eigenvalue weighted by molar-refractivity contribution is 9.10. The van der Waals surface area contributed by atoms with Crippen LogP contribution in [0.4, 0.5) is 5.69 Å². The number of anilines is 1. The molecule has 0 spiro atoms. The van der Waals surface area contributed by atoms with Crippen LogP contribution in [0.15, 0.2) is 40.2 Å². The van der Waals surface area contributed by atoms with Gasteiger partial charge in [0.05, 0.1) is 6.04 Å². The first-order valence-electron chi connectivity index (χ1n) is 5.91. The van der Waals surface area contributed by atoms with Crippen LogP contribution >= 0.6 is 27.3 Å². The summed E-state index contributed by atoms with van der Waals surface area (Å²) in [6.07, 6.45) is 0. The van der Waals surface area contributed by atoms with Gasteiger partial charge >= 0.3 is 0 Å². The number of thiophene rings is 1. The van der Waals surface area contributed by atoms with Gasteiger partial charge in [-0.1, -0.05) is 22.0 Å². The Morgan fingerprint density at radius 2 is 2.16 bits per heavy atom. The molecule has 0 amide bonds. The number of nitrogen functional groups attached to an aromatic ring is 1. The summed E-state index contributed by atoms with van der Waals surface area (Å²) in [6.45, 7) is 2.15. The van der Waals surface area contributed by atoms with Gasteiger partial charge in [0.25, 0.3) is 0 Å². The molecule has 5 heteroatoms. The number of nitrogens with one attached hydrogen (secondary N) is 1. The lowest BCUT2D eigenvalue weighted by Gasteiger charge is -2.28. The number of amidine groups is 1. The molecule has 0 radical (unpaired) electrons. The average molecular weight is 338 g/mol. The summed E-state index contributed by atoms with van der Waals surface area (Å²) >= 11 is 5.16. The third-order valence-electron chi connectivity index (χ3n) is 3.16. The van der Waals surface area contributed by atoms with Gasteiger partial charge in [-0.05, 0) is 36.6 Å². The molecule has 0 bridgehead atoms. The van der Waals surface area contributed by atoms with Crippen molar-refractivity contribution < 1.29 is 0 Å². The summed E-state index contributed by atoms with van der Waals surface area (Å²) in [5.74, 6) is 0.0847. The zero-order valence-electron chi connectivity index (χ0n) is 10.9. The van der Waals surface area contributed by atoms with Gasteiger partial charge in [-0.2, -0.15) is 0 Å². The minimum Gasteiger partial charge on any atom is -0.384 e. The monoisotopic (exact) mass is 337 g/mol. The summed E-state index contributed by atoms with van der Waals surface area (Å²) in [5.41, 5.74) is 7.40. The molecule has 3 nitrogen and oxygen atoms in total. The second kappa shape index (κ2) is 5.75. The molecule has 1 unspecified atom stereocenters. The van der Waals surface area contributed by atoms with E-state index in [9.17, 15) is 0 Å². The molecule has 0 fully saturated rings. The third-order valence-corrected chi connectivity index (χ3v) is 4.70. The summed E-state index contributed by atoms with van der Waals surface area (Å²) < 4.78 is 0.929. The van der Waals surface area contributed by atoms with Gasteiger partial charge in [0, 0.05) is 27.6 Å². The van der Waals surface area contributed by atoms with Gasteiger partial charge in [-0.3, -0.25) is 5.41 Å². The fourth-order valence-electron chi connectivity index (χ4n) is 1.96. The Morgan fingerprint density at radius 1 is 1.42 bits per heavy atom. The van der Waals surface area contributed by atoms with Crippen molar-refractivity contribution in [1.82, 2.24) is 0 Å². The van der Waals surface area contributed by atoms with Crippen molar-refractivity contribution in [3.63, 3.8) is 0 Å². The van der Waals surface area contributed by atoms with E-state index in [1.54, 1.807) is 11.3 Å². The fraction of sp³-hybridized carbons (Fsp3) is 0.214. The minimum absolute atomic E-state index is 0.0847. The number of hydrogen-bond acceptors (Lipinski definition) is 3. The molecule has 1 heterocycles. The van der Waals surface area contributed by atoms with Crippen LogP contribution in [0.2, 0.25) is 0 Å². The number of hydrogen-bond donors (Lipinski definition) is 2. The van der Waals surface area contributed by atoms with Crippen LogP contribution in [0, 0.1) is 5.41 Å². The quantitative estimate of drug-likeness (QED) is 0.654. The second-order valence-electron chi connectivity index (χ2n) is 4.38. The molecule has 0 aliphatic rings. The first kappa shape index (κ1) is 14.1. The maximum atomic E-state index is 7.71. The molecular weight excluding hydrogens is 322 g/mol. The first-order chi connectivity index (χ1) is 9.00. The van der Waals surface area contributed by atoms with Crippen molar-refractivity contribution in [2.75, 3.05) is 11.9 Å². The SMILES string of the molecule is CC(c1cccs1)N(C)c1ccc(Br)cc1C(=N)N. The Kier molecular flexibility index (Phi) is 4.27. The van der Waals surface area contributed by atoms with Crippen LogP contribution in [0.5, 0.6) is 0 Å². The van der Waals surface area contributed by atoms with Gasteiger partial charge in [-0.25, -0.2) is 0 Å². The largest absolute Gasteiger partial charge is 0.384 e. The molecule has 1 atom stereocenters. The maximum Gasteiger partial charge on any atom is 0.124 e. The van der Waals surface area contributed by atoms with Crippen molar-refractivity contribution in [1.29, 1.82) is 5.41 Å². The van der Waals surface area contributed by atoms with Crippen molar-refractivity contribution in [3.8, 4) is 0 Å². The highest BCUT2D eigenvalue weighted by Crippen LogP contribution is 2.31. The summed E-state index contributed by atoms with van der Waals surface area (Å²) in [6, 6.07) is 10.3. The number of rotatable bonds is 4. The fourth-order valence-corrected chi connectivity index (χ4v) is 3.15. The molecule has 3 N–H and O–H groups in total. The van der Waals surface area contributed by atoms with Gasteiger partial charge in [0.2, 0.25) is 0 Å². The lowest BCUT2D eigenvalue weighted by Crippen LogP contribution is -2.24. The van der Waals surface area contributed by atoms with Crippen LogP contribution in [0.25, 0.3) is 0 Å². The molecular formula is C14H16BrN3S. The van der Waals surface area contributed by atoms with Gasteiger partial charge in [0.1, 0.15) is 5.84 Å². The smallest absolute Gasteiger partial charge is 0.124 e. The Morgan fingerprint density at radius 3 is 2.74 bits per heavy atom. The van der Waals surface area contributed by atoms with Crippen molar-refractivity contribution in [2.24, 2.45) is 5.73 Å². The first-order valence-corrected chi connectivity index (χ1v) is 7.58. The summed E-state index contributed by atoms with van der Waals surface area (Å²) in [7, 11) is 2.03. The number of nitrogens with zero attached hydrogens (tertiary/aromatic N) is 1. The van der Waals surface area contributed by atoms with E-state index in [1.165, 1.54) is 4.88 Å². The zero-order valence-corrected chi connectivity index (χ0v) is 13.3. The summed E-state index contributed by atoms with van der Waals surface area (Å²) in [4.78, 5) is 3.44. The number of benzene rings is 1. The molecule has 100 valence electrons. The van der Waals surface area contributed by atoms with Crippen molar-refractivity contribution in [3.05, 3.63) is 50.6 Å².